The quantitative estimate of drug-likeness (QED) is 0.731. The van der Waals surface area contributed by atoms with Gasteiger partial charge in [-0.2, -0.15) is 0 Å². The lowest BCUT2D eigenvalue weighted by Crippen LogP contribution is -2.38. The number of hydrogen-bond donors (Lipinski definition) is 2. The fourth-order valence-electron chi connectivity index (χ4n) is 2.57. The van der Waals surface area contributed by atoms with Crippen LogP contribution in [-0.2, 0) is 9.59 Å². The predicted molar refractivity (Wildman–Crippen MR) is 89.2 cm³/mol. The van der Waals surface area contributed by atoms with Crippen molar-refractivity contribution in [3.63, 3.8) is 0 Å². The van der Waals surface area contributed by atoms with Crippen LogP contribution in [0.25, 0.3) is 0 Å². The van der Waals surface area contributed by atoms with Gasteiger partial charge >= 0.3 is 0 Å². The first-order chi connectivity index (χ1) is 11.0. The van der Waals surface area contributed by atoms with Crippen molar-refractivity contribution >= 4 is 29.1 Å². The molecular weight excluding hydrogens is 314 g/mol. The maximum Gasteiger partial charge on any atom is 0.261 e. The Morgan fingerprint density at radius 2 is 2.09 bits per heavy atom. The lowest BCUT2D eigenvalue weighted by Gasteiger charge is -2.18. The monoisotopic (exact) mass is 337 g/mol. The summed E-state index contributed by atoms with van der Waals surface area (Å²) in [6, 6.07) is 3.58. The van der Waals surface area contributed by atoms with Gasteiger partial charge in [0.05, 0.1) is 10.8 Å². The Kier molecular flexibility index (Phi) is 6.15. The highest BCUT2D eigenvalue weighted by Crippen LogP contribution is 2.19. The van der Waals surface area contributed by atoms with Gasteiger partial charge in [0, 0.05) is 32.6 Å². The zero-order valence-electron chi connectivity index (χ0n) is 13.5. The highest BCUT2D eigenvalue weighted by atomic mass is 32.1. The van der Waals surface area contributed by atoms with E-state index in [0.29, 0.717) is 37.0 Å². The molecule has 1 aliphatic rings. The normalized spacial score (nSPS) is 17.6. The van der Waals surface area contributed by atoms with Crippen LogP contribution in [0.4, 0.5) is 0 Å². The summed E-state index contributed by atoms with van der Waals surface area (Å²) in [6.45, 7) is 6.03. The number of carbonyl (C=O) groups is 3. The summed E-state index contributed by atoms with van der Waals surface area (Å²) in [5.41, 5.74) is 0. The summed E-state index contributed by atoms with van der Waals surface area (Å²) in [5, 5.41) is 7.39. The number of rotatable bonds is 7. The second-order valence-electron chi connectivity index (χ2n) is 6.12. The van der Waals surface area contributed by atoms with Gasteiger partial charge in [-0.05, 0) is 17.4 Å². The van der Waals surface area contributed by atoms with E-state index in [-0.39, 0.29) is 30.1 Å². The largest absolute Gasteiger partial charge is 0.354 e. The molecule has 0 radical (unpaired) electrons. The van der Waals surface area contributed by atoms with E-state index in [1.807, 2.05) is 11.4 Å². The van der Waals surface area contributed by atoms with Gasteiger partial charge in [-0.1, -0.05) is 19.9 Å². The molecule has 7 heteroatoms. The fourth-order valence-corrected chi connectivity index (χ4v) is 3.21. The van der Waals surface area contributed by atoms with Crippen molar-refractivity contribution in [2.45, 2.75) is 20.3 Å². The molecule has 1 unspecified atom stereocenters. The molecule has 1 aromatic rings. The molecule has 1 saturated heterocycles. The van der Waals surface area contributed by atoms with Crippen molar-refractivity contribution in [2.24, 2.45) is 11.8 Å². The Bertz CT molecular complexity index is 557. The first-order valence-corrected chi connectivity index (χ1v) is 8.72. The summed E-state index contributed by atoms with van der Waals surface area (Å²) >= 11 is 1.38. The average molecular weight is 337 g/mol. The average Bonchev–Trinajstić information content (AvgIpc) is 3.13. The van der Waals surface area contributed by atoms with E-state index in [4.69, 9.17) is 0 Å². The zero-order chi connectivity index (χ0) is 16.8. The third kappa shape index (κ3) is 5.06. The summed E-state index contributed by atoms with van der Waals surface area (Å²) in [4.78, 5) is 38.1. The second kappa shape index (κ2) is 8.10. The lowest BCUT2D eigenvalue weighted by atomic mass is 10.1. The van der Waals surface area contributed by atoms with Crippen LogP contribution in [0, 0.1) is 11.8 Å². The maximum absolute atomic E-state index is 12.1. The highest BCUT2D eigenvalue weighted by molar-refractivity contribution is 7.12. The molecule has 0 spiro atoms. The van der Waals surface area contributed by atoms with Crippen LogP contribution in [0.3, 0.4) is 0 Å². The number of nitrogens with zero attached hydrogens (tertiary/aromatic N) is 1. The molecule has 1 aliphatic heterocycles. The SMILES string of the molecule is CC(C)CN1CC(C(=O)NCCNC(=O)c2cccs2)CC1=O. The first kappa shape index (κ1) is 17.5. The molecular formula is C16H23N3O3S. The van der Waals surface area contributed by atoms with Gasteiger partial charge in [0.25, 0.3) is 5.91 Å². The van der Waals surface area contributed by atoms with Crippen LogP contribution in [0.2, 0.25) is 0 Å². The minimum atomic E-state index is -0.283. The van der Waals surface area contributed by atoms with E-state index < -0.39 is 0 Å². The molecule has 1 atom stereocenters. The molecule has 1 aromatic heterocycles. The Morgan fingerprint density at radius 3 is 2.74 bits per heavy atom. The molecule has 2 N–H and O–H groups in total. The van der Waals surface area contributed by atoms with Crippen LogP contribution in [0.1, 0.15) is 29.9 Å². The van der Waals surface area contributed by atoms with Crippen LogP contribution < -0.4 is 10.6 Å². The molecule has 2 rings (SSSR count). The molecule has 23 heavy (non-hydrogen) atoms. The van der Waals surface area contributed by atoms with Gasteiger partial charge < -0.3 is 15.5 Å². The van der Waals surface area contributed by atoms with E-state index in [1.54, 1.807) is 11.0 Å². The maximum atomic E-state index is 12.1. The van der Waals surface area contributed by atoms with Gasteiger partial charge in [-0.15, -0.1) is 11.3 Å². The minimum Gasteiger partial charge on any atom is -0.354 e. The minimum absolute atomic E-state index is 0.0462. The van der Waals surface area contributed by atoms with Gasteiger partial charge in [0.15, 0.2) is 0 Å². The van der Waals surface area contributed by atoms with Crippen molar-refractivity contribution in [3.05, 3.63) is 22.4 Å². The molecule has 1 fully saturated rings. The number of carbonyl (C=O) groups excluding carboxylic acids is 3. The third-order valence-electron chi connectivity index (χ3n) is 3.63. The number of thiophene rings is 1. The molecule has 0 saturated carbocycles. The predicted octanol–water partition coefficient (Wildman–Crippen LogP) is 1.10. The van der Waals surface area contributed by atoms with E-state index in [9.17, 15) is 14.4 Å². The molecule has 126 valence electrons. The van der Waals surface area contributed by atoms with E-state index >= 15 is 0 Å². The Morgan fingerprint density at radius 1 is 1.35 bits per heavy atom. The van der Waals surface area contributed by atoms with Gasteiger partial charge in [0.1, 0.15) is 0 Å². The topological polar surface area (TPSA) is 78.5 Å². The van der Waals surface area contributed by atoms with Gasteiger partial charge in [0.2, 0.25) is 11.8 Å². The molecule has 6 nitrogen and oxygen atoms in total. The summed E-state index contributed by atoms with van der Waals surface area (Å²) in [5.74, 6) is -0.0873. The van der Waals surface area contributed by atoms with E-state index in [0.717, 1.165) is 0 Å². The van der Waals surface area contributed by atoms with Crippen LogP contribution in [0.15, 0.2) is 17.5 Å². The Labute approximate surface area is 140 Å². The number of amides is 3. The van der Waals surface area contributed by atoms with Crippen LogP contribution in [0.5, 0.6) is 0 Å². The van der Waals surface area contributed by atoms with Crippen molar-refractivity contribution in [3.8, 4) is 0 Å². The van der Waals surface area contributed by atoms with E-state index in [1.165, 1.54) is 11.3 Å². The number of likely N-dealkylation sites (tertiary alicyclic amines) is 1. The molecule has 0 bridgehead atoms. The highest BCUT2D eigenvalue weighted by Gasteiger charge is 2.34. The smallest absolute Gasteiger partial charge is 0.261 e. The summed E-state index contributed by atoms with van der Waals surface area (Å²) < 4.78 is 0. The molecule has 2 heterocycles. The lowest BCUT2D eigenvalue weighted by molar-refractivity contribution is -0.129. The summed E-state index contributed by atoms with van der Waals surface area (Å²) in [6.07, 6.45) is 0.278. The molecule has 0 aliphatic carbocycles. The van der Waals surface area contributed by atoms with Crippen molar-refractivity contribution in [1.29, 1.82) is 0 Å². The number of nitrogens with one attached hydrogen (secondary N) is 2. The molecule has 3 amide bonds. The first-order valence-electron chi connectivity index (χ1n) is 7.84. The zero-order valence-corrected chi connectivity index (χ0v) is 14.3. The Hall–Kier alpha value is -1.89. The van der Waals surface area contributed by atoms with Crippen molar-refractivity contribution < 1.29 is 14.4 Å². The van der Waals surface area contributed by atoms with Gasteiger partial charge in [-0.3, -0.25) is 14.4 Å². The molecule has 0 aromatic carbocycles. The van der Waals surface area contributed by atoms with E-state index in [2.05, 4.69) is 24.5 Å². The van der Waals surface area contributed by atoms with Crippen molar-refractivity contribution in [2.75, 3.05) is 26.2 Å². The van der Waals surface area contributed by atoms with Crippen molar-refractivity contribution in [1.82, 2.24) is 15.5 Å². The van der Waals surface area contributed by atoms with Gasteiger partial charge in [-0.25, -0.2) is 0 Å². The Balaban J connectivity index is 1.67. The van der Waals surface area contributed by atoms with Crippen LogP contribution >= 0.6 is 11.3 Å². The van der Waals surface area contributed by atoms with Crippen LogP contribution in [-0.4, -0.2) is 48.8 Å². The standard InChI is InChI=1S/C16H23N3O3S/c1-11(2)9-19-10-12(8-14(19)20)15(21)17-5-6-18-16(22)13-4-3-7-23-13/h3-4,7,11-12H,5-6,8-10H2,1-2H3,(H,17,21)(H,18,22). The third-order valence-corrected chi connectivity index (χ3v) is 4.49. The number of hydrogen-bond acceptors (Lipinski definition) is 4. The second-order valence-corrected chi connectivity index (χ2v) is 7.07. The fraction of sp³-hybridized carbons (Fsp3) is 0.562. The summed E-state index contributed by atoms with van der Waals surface area (Å²) in [7, 11) is 0.